The Morgan fingerprint density at radius 3 is 2.89 bits per heavy atom. The first-order valence-electron chi connectivity index (χ1n) is 8.24. The summed E-state index contributed by atoms with van der Waals surface area (Å²) in [6.07, 6.45) is 1.12. The van der Waals surface area contributed by atoms with Gasteiger partial charge in [-0.05, 0) is 18.9 Å². The van der Waals surface area contributed by atoms with Crippen LogP contribution in [0.2, 0.25) is 0 Å². The Morgan fingerprint density at radius 1 is 1.33 bits per heavy atom. The fourth-order valence-corrected chi connectivity index (χ4v) is 3.97. The first kappa shape index (κ1) is 17.7. The number of aromatic nitrogens is 4. The van der Waals surface area contributed by atoms with Gasteiger partial charge in [-0.15, -0.1) is 0 Å². The van der Waals surface area contributed by atoms with E-state index in [1.54, 1.807) is 12.3 Å². The van der Waals surface area contributed by atoms with Crippen molar-refractivity contribution in [2.24, 2.45) is 11.7 Å². The van der Waals surface area contributed by atoms with Gasteiger partial charge in [0, 0.05) is 25.5 Å². The molecule has 142 valence electrons. The van der Waals surface area contributed by atoms with Crippen molar-refractivity contribution in [1.82, 2.24) is 19.4 Å². The minimum atomic E-state index is -4.43. The van der Waals surface area contributed by atoms with Gasteiger partial charge in [0.15, 0.2) is 10.8 Å². The molecule has 0 aliphatic carbocycles. The monoisotopic (exact) mass is 396 g/mol. The van der Waals surface area contributed by atoms with Gasteiger partial charge in [0.1, 0.15) is 16.4 Å². The summed E-state index contributed by atoms with van der Waals surface area (Å²) in [5, 5.41) is 0. The molecule has 2 N–H and O–H groups in total. The number of primary amides is 1. The van der Waals surface area contributed by atoms with Crippen LogP contribution in [0.5, 0.6) is 0 Å². The number of carbonyl (C=O) groups excluding carboxylic acids is 1. The smallest absolute Gasteiger partial charge is 0.369 e. The minimum absolute atomic E-state index is 0.220. The van der Waals surface area contributed by atoms with Crippen molar-refractivity contribution < 1.29 is 18.0 Å². The molecule has 1 fully saturated rings. The second kappa shape index (κ2) is 6.48. The number of nitrogens with zero attached hydrogens (tertiary/aromatic N) is 5. The number of thiazole rings is 1. The van der Waals surface area contributed by atoms with Crippen molar-refractivity contribution in [3.63, 3.8) is 0 Å². The topological polar surface area (TPSA) is 89.4 Å². The highest BCUT2D eigenvalue weighted by Gasteiger charge is 2.34. The lowest BCUT2D eigenvalue weighted by Gasteiger charge is -2.32. The molecule has 1 atom stereocenters. The molecule has 11 heteroatoms. The molecule has 1 aliphatic heterocycles. The van der Waals surface area contributed by atoms with E-state index in [0.29, 0.717) is 29.4 Å². The molecule has 4 heterocycles. The molecular formula is C16H15F3N6OS. The fourth-order valence-electron chi connectivity index (χ4n) is 3.15. The van der Waals surface area contributed by atoms with Crippen LogP contribution in [0, 0.1) is 5.92 Å². The van der Waals surface area contributed by atoms with E-state index in [-0.39, 0.29) is 22.6 Å². The maximum atomic E-state index is 12.9. The Labute approximate surface area is 155 Å². The van der Waals surface area contributed by atoms with E-state index >= 15 is 0 Å². The van der Waals surface area contributed by atoms with E-state index in [0.717, 1.165) is 25.6 Å². The maximum absolute atomic E-state index is 12.9. The number of fused-ring (bicyclic) bond motifs is 1. The van der Waals surface area contributed by atoms with E-state index < -0.39 is 11.1 Å². The normalized spacial score (nSPS) is 18.2. The summed E-state index contributed by atoms with van der Waals surface area (Å²) in [5.41, 5.74) is 5.79. The van der Waals surface area contributed by atoms with Crippen molar-refractivity contribution >= 4 is 28.0 Å². The molecule has 7 nitrogen and oxygen atoms in total. The Balaban J connectivity index is 1.68. The van der Waals surface area contributed by atoms with Crippen LogP contribution in [0.25, 0.3) is 16.5 Å². The van der Waals surface area contributed by atoms with Crippen LogP contribution in [-0.4, -0.2) is 38.3 Å². The number of nitrogens with two attached hydrogens (primary N) is 1. The number of hydrogen-bond donors (Lipinski definition) is 1. The molecule has 1 aliphatic rings. The molecule has 0 spiro atoms. The summed E-state index contributed by atoms with van der Waals surface area (Å²) in [5.74, 6) is 0.286. The number of hydrogen-bond acceptors (Lipinski definition) is 6. The number of imidazole rings is 1. The molecule has 4 rings (SSSR count). The quantitative estimate of drug-likeness (QED) is 0.735. The Bertz CT molecular complexity index is 998. The maximum Gasteiger partial charge on any atom is 0.427 e. The zero-order valence-electron chi connectivity index (χ0n) is 14.0. The lowest BCUT2D eigenvalue weighted by atomic mass is 9.97. The fraction of sp³-hybridized carbons (Fsp3) is 0.375. The summed E-state index contributed by atoms with van der Waals surface area (Å²) in [7, 11) is 0. The van der Waals surface area contributed by atoms with Gasteiger partial charge in [-0.25, -0.2) is 15.0 Å². The highest BCUT2D eigenvalue weighted by atomic mass is 32.1. The van der Waals surface area contributed by atoms with Gasteiger partial charge in [-0.3, -0.25) is 9.20 Å². The number of halogens is 3. The highest BCUT2D eigenvalue weighted by Crippen LogP contribution is 2.36. The van der Waals surface area contributed by atoms with E-state index in [1.165, 1.54) is 10.6 Å². The van der Waals surface area contributed by atoms with Crippen molar-refractivity contribution in [2.45, 2.75) is 19.0 Å². The van der Waals surface area contributed by atoms with E-state index in [1.807, 2.05) is 4.90 Å². The molecule has 0 aromatic carbocycles. The number of amides is 1. The molecular weight excluding hydrogens is 381 g/mol. The number of piperidine rings is 1. The van der Waals surface area contributed by atoms with Crippen LogP contribution in [0.1, 0.15) is 17.7 Å². The lowest BCUT2D eigenvalue weighted by molar-refractivity contribution is -0.134. The van der Waals surface area contributed by atoms with Gasteiger partial charge in [0.05, 0.1) is 12.1 Å². The summed E-state index contributed by atoms with van der Waals surface area (Å²) < 4.78 is 40.2. The summed E-state index contributed by atoms with van der Waals surface area (Å²) >= 11 is 0.565. The van der Waals surface area contributed by atoms with E-state index in [4.69, 9.17) is 5.73 Å². The second-order valence-corrected chi connectivity index (χ2v) is 7.32. The molecule has 0 bridgehead atoms. The molecule has 27 heavy (non-hydrogen) atoms. The average Bonchev–Trinajstić information content (AvgIpc) is 3.22. The van der Waals surface area contributed by atoms with Gasteiger partial charge in [-0.2, -0.15) is 13.2 Å². The minimum Gasteiger partial charge on any atom is -0.369 e. The second-order valence-electron chi connectivity index (χ2n) is 6.32. The molecule has 0 saturated carbocycles. The summed E-state index contributed by atoms with van der Waals surface area (Å²) in [6, 6.07) is 1.71. The Hall–Kier alpha value is -2.69. The van der Waals surface area contributed by atoms with Crippen LogP contribution in [0.15, 0.2) is 24.7 Å². The van der Waals surface area contributed by atoms with Crippen LogP contribution >= 0.6 is 11.3 Å². The Kier molecular flexibility index (Phi) is 4.25. The van der Waals surface area contributed by atoms with Crippen LogP contribution in [0.3, 0.4) is 0 Å². The zero-order chi connectivity index (χ0) is 19.2. The van der Waals surface area contributed by atoms with E-state index in [2.05, 4.69) is 15.0 Å². The van der Waals surface area contributed by atoms with Crippen molar-refractivity contribution in [3.05, 3.63) is 29.5 Å². The van der Waals surface area contributed by atoms with Crippen LogP contribution in [-0.2, 0) is 11.0 Å². The van der Waals surface area contributed by atoms with Gasteiger partial charge < -0.3 is 10.6 Å². The number of anilines is 1. The third-order valence-corrected chi connectivity index (χ3v) is 5.55. The zero-order valence-corrected chi connectivity index (χ0v) is 14.8. The number of carbonyl (C=O) groups is 1. The third kappa shape index (κ3) is 3.34. The first-order valence-corrected chi connectivity index (χ1v) is 9.06. The molecule has 0 unspecified atom stereocenters. The van der Waals surface area contributed by atoms with Gasteiger partial charge in [0.25, 0.3) is 0 Å². The lowest BCUT2D eigenvalue weighted by Crippen LogP contribution is -2.41. The summed E-state index contributed by atoms with van der Waals surface area (Å²) in [6.45, 7) is 1.18. The summed E-state index contributed by atoms with van der Waals surface area (Å²) in [4.78, 5) is 25.6. The van der Waals surface area contributed by atoms with Crippen molar-refractivity contribution in [3.8, 4) is 11.5 Å². The standard InChI is InChI=1S/C16H15F3N6OS/c17-16(18,19)11-8-25-10(6-22-15(25)27-11)14-21-4-3-12(23-14)24-5-1-2-9(7-24)13(20)26/h3-4,6,8-9H,1-2,5,7H2,(H2,20,26)/t9-/m0/s1. The Morgan fingerprint density at radius 2 is 2.15 bits per heavy atom. The number of alkyl halides is 3. The molecule has 1 amide bonds. The van der Waals surface area contributed by atoms with Crippen molar-refractivity contribution in [1.29, 1.82) is 0 Å². The highest BCUT2D eigenvalue weighted by molar-refractivity contribution is 7.17. The van der Waals surface area contributed by atoms with Gasteiger partial charge >= 0.3 is 6.18 Å². The first-order chi connectivity index (χ1) is 12.8. The molecule has 3 aromatic heterocycles. The largest absolute Gasteiger partial charge is 0.427 e. The molecule has 1 saturated heterocycles. The van der Waals surface area contributed by atoms with Crippen LogP contribution in [0.4, 0.5) is 19.0 Å². The van der Waals surface area contributed by atoms with Gasteiger partial charge in [-0.1, -0.05) is 11.3 Å². The predicted octanol–water partition coefficient (Wildman–Crippen LogP) is 2.57. The molecule has 0 radical (unpaired) electrons. The number of rotatable bonds is 3. The predicted molar refractivity (Wildman–Crippen MR) is 93.2 cm³/mol. The SMILES string of the molecule is NC(=O)[C@H]1CCCN(c2ccnc(-c3cnc4sc(C(F)(F)F)cn34)n2)C1. The third-order valence-electron chi connectivity index (χ3n) is 4.51. The van der Waals surface area contributed by atoms with E-state index in [9.17, 15) is 18.0 Å². The average molecular weight is 396 g/mol. The van der Waals surface area contributed by atoms with Crippen LogP contribution < -0.4 is 10.6 Å². The van der Waals surface area contributed by atoms with Gasteiger partial charge in [0.2, 0.25) is 5.91 Å². The molecule has 3 aromatic rings. The van der Waals surface area contributed by atoms with Crippen molar-refractivity contribution in [2.75, 3.05) is 18.0 Å².